The Kier molecular flexibility index (Phi) is 5.07. The minimum absolute atomic E-state index is 0.145. The van der Waals surface area contributed by atoms with E-state index in [-0.39, 0.29) is 5.12 Å². The van der Waals surface area contributed by atoms with Gasteiger partial charge in [0.1, 0.15) is 5.69 Å². The second-order valence-corrected chi connectivity index (χ2v) is 4.84. The van der Waals surface area contributed by atoms with Gasteiger partial charge in [-0.05, 0) is 30.9 Å². The largest absolute Gasteiger partial charge is 0.288 e. The SMILES string of the molecule is CC(=O)SCCC#Cc1ncc(C)cc1C. The Hall–Kier alpha value is -1.27. The summed E-state index contributed by atoms with van der Waals surface area (Å²) in [6.07, 6.45) is 2.54. The van der Waals surface area contributed by atoms with E-state index >= 15 is 0 Å². The highest BCUT2D eigenvalue weighted by Gasteiger charge is 1.95. The zero-order valence-electron chi connectivity index (χ0n) is 9.83. The van der Waals surface area contributed by atoms with Crippen LogP contribution in [-0.2, 0) is 4.79 Å². The third-order valence-electron chi connectivity index (χ3n) is 1.95. The molecule has 2 nitrogen and oxygen atoms in total. The highest BCUT2D eigenvalue weighted by atomic mass is 32.2. The predicted octanol–water partition coefficient (Wildman–Crippen LogP) is 2.72. The van der Waals surface area contributed by atoms with Crippen LogP contribution in [0, 0.1) is 25.7 Å². The molecule has 84 valence electrons. The van der Waals surface area contributed by atoms with Crippen LogP contribution in [0.1, 0.15) is 30.2 Å². The maximum absolute atomic E-state index is 10.7. The van der Waals surface area contributed by atoms with Gasteiger partial charge in [0.15, 0.2) is 5.12 Å². The van der Waals surface area contributed by atoms with Crippen LogP contribution in [0.4, 0.5) is 0 Å². The molecule has 0 aliphatic heterocycles. The standard InChI is InChI=1S/C13H15NOS/c1-10-8-11(2)13(14-9-10)6-4-5-7-16-12(3)15/h8-9H,5,7H2,1-3H3. The summed E-state index contributed by atoms with van der Waals surface area (Å²) in [5.41, 5.74) is 3.08. The molecule has 0 aliphatic carbocycles. The molecule has 1 heterocycles. The van der Waals surface area contributed by atoms with E-state index in [9.17, 15) is 4.79 Å². The number of aromatic nitrogens is 1. The number of hydrogen-bond acceptors (Lipinski definition) is 3. The first-order chi connectivity index (χ1) is 7.59. The van der Waals surface area contributed by atoms with Gasteiger partial charge in [-0.15, -0.1) is 0 Å². The smallest absolute Gasteiger partial charge is 0.185 e. The van der Waals surface area contributed by atoms with Crippen LogP contribution in [-0.4, -0.2) is 15.9 Å². The summed E-state index contributed by atoms with van der Waals surface area (Å²) in [6, 6.07) is 2.07. The van der Waals surface area contributed by atoms with Crippen LogP contribution in [0.5, 0.6) is 0 Å². The van der Waals surface area contributed by atoms with Gasteiger partial charge in [-0.2, -0.15) is 0 Å². The monoisotopic (exact) mass is 233 g/mol. The van der Waals surface area contributed by atoms with E-state index in [1.807, 2.05) is 20.0 Å². The fraction of sp³-hybridized carbons (Fsp3) is 0.385. The number of rotatable bonds is 2. The molecule has 1 aromatic rings. The summed E-state index contributed by atoms with van der Waals surface area (Å²) in [7, 11) is 0. The molecule has 0 saturated heterocycles. The van der Waals surface area contributed by atoms with Crippen molar-refractivity contribution < 1.29 is 4.79 Å². The molecule has 0 fully saturated rings. The first-order valence-electron chi connectivity index (χ1n) is 5.15. The van der Waals surface area contributed by atoms with Crippen molar-refractivity contribution in [2.75, 3.05) is 5.75 Å². The summed E-state index contributed by atoms with van der Waals surface area (Å²) >= 11 is 1.31. The van der Waals surface area contributed by atoms with Crippen molar-refractivity contribution in [3.63, 3.8) is 0 Å². The van der Waals surface area contributed by atoms with E-state index < -0.39 is 0 Å². The lowest BCUT2D eigenvalue weighted by atomic mass is 10.2. The molecule has 1 aromatic heterocycles. The molecule has 0 bridgehead atoms. The van der Waals surface area contributed by atoms with Crippen LogP contribution < -0.4 is 0 Å². The summed E-state index contributed by atoms with van der Waals surface area (Å²) in [5, 5.41) is 0.145. The summed E-state index contributed by atoms with van der Waals surface area (Å²) in [5.74, 6) is 6.82. The average Bonchev–Trinajstić information content (AvgIpc) is 2.20. The molecule has 0 aromatic carbocycles. The fourth-order valence-corrected chi connectivity index (χ4v) is 1.73. The highest BCUT2D eigenvalue weighted by molar-refractivity contribution is 8.13. The first kappa shape index (κ1) is 12.8. The lowest BCUT2D eigenvalue weighted by Gasteiger charge is -1.97. The number of thioether (sulfide) groups is 1. The topological polar surface area (TPSA) is 30.0 Å². The first-order valence-corrected chi connectivity index (χ1v) is 6.13. The van der Waals surface area contributed by atoms with Crippen molar-refractivity contribution in [2.45, 2.75) is 27.2 Å². The molecule has 0 N–H and O–H groups in total. The Bertz CT molecular complexity index is 443. The van der Waals surface area contributed by atoms with Crippen molar-refractivity contribution >= 4 is 16.9 Å². The van der Waals surface area contributed by atoms with Crippen molar-refractivity contribution in [3.05, 3.63) is 29.1 Å². The summed E-state index contributed by atoms with van der Waals surface area (Å²) in [4.78, 5) is 14.9. The number of carbonyl (C=O) groups excluding carboxylic acids is 1. The van der Waals surface area contributed by atoms with E-state index in [4.69, 9.17) is 0 Å². The van der Waals surface area contributed by atoms with E-state index in [0.717, 1.165) is 29.0 Å². The third-order valence-corrected chi connectivity index (χ3v) is 2.77. The maximum Gasteiger partial charge on any atom is 0.185 e. The second-order valence-electron chi connectivity index (χ2n) is 3.57. The summed E-state index contributed by atoms with van der Waals surface area (Å²) < 4.78 is 0. The molecule has 0 amide bonds. The Balaban J connectivity index is 2.53. The molecule has 0 atom stereocenters. The second kappa shape index (κ2) is 6.34. The molecule has 3 heteroatoms. The van der Waals surface area contributed by atoms with Crippen LogP contribution in [0.15, 0.2) is 12.3 Å². The molecule has 0 spiro atoms. The Morgan fingerprint density at radius 1 is 1.50 bits per heavy atom. The number of aryl methyl sites for hydroxylation is 2. The minimum atomic E-state index is 0.145. The average molecular weight is 233 g/mol. The van der Waals surface area contributed by atoms with Gasteiger partial charge in [-0.1, -0.05) is 23.7 Å². The van der Waals surface area contributed by atoms with Crippen molar-refractivity contribution in [3.8, 4) is 11.8 Å². The number of pyridine rings is 1. The van der Waals surface area contributed by atoms with E-state index in [2.05, 4.69) is 22.9 Å². The Morgan fingerprint density at radius 3 is 2.88 bits per heavy atom. The molecule has 0 radical (unpaired) electrons. The third kappa shape index (κ3) is 4.50. The number of nitrogens with zero attached hydrogens (tertiary/aromatic N) is 1. The van der Waals surface area contributed by atoms with Crippen molar-refractivity contribution in [1.82, 2.24) is 4.98 Å². The van der Waals surface area contributed by atoms with Gasteiger partial charge in [0.2, 0.25) is 0 Å². The van der Waals surface area contributed by atoms with Crippen molar-refractivity contribution in [1.29, 1.82) is 0 Å². The van der Waals surface area contributed by atoms with Gasteiger partial charge >= 0.3 is 0 Å². The van der Waals surface area contributed by atoms with Crippen LogP contribution in [0.3, 0.4) is 0 Å². The molecule has 0 saturated carbocycles. The summed E-state index contributed by atoms with van der Waals surface area (Å²) in [6.45, 7) is 5.60. The van der Waals surface area contributed by atoms with Crippen molar-refractivity contribution in [2.24, 2.45) is 0 Å². The lowest BCUT2D eigenvalue weighted by molar-refractivity contribution is -0.109. The quantitative estimate of drug-likeness (QED) is 0.581. The highest BCUT2D eigenvalue weighted by Crippen LogP contribution is 2.06. The van der Waals surface area contributed by atoms with Gasteiger partial charge in [0.05, 0.1) is 0 Å². The molecule has 0 aliphatic rings. The van der Waals surface area contributed by atoms with E-state index in [1.165, 1.54) is 11.8 Å². The lowest BCUT2D eigenvalue weighted by Crippen LogP contribution is -1.89. The Morgan fingerprint density at radius 2 is 2.25 bits per heavy atom. The Labute approximate surface area is 101 Å². The zero-order valence-corrected chi connectivity index (χ0v) is 10.6. The van der Waals surface area contributed by atoms with Crippen LogP contribution in [0.25, 0.3) is 0 Å². The molecule has 16 heavy (non-hydrogen) atoms. The number of carbonyl (C=O) groups is 1. The van der Waals surface area contributed by atoms with Crippen LogP contribution in [0.2, 0.25) is 0 Å². The van der Waals surface area contributed by atoms with Crippen LogP contribution >= 0.6 is 11.8 Å². The number of hydrogen-bond donors (Lipinski definition) is 0. The molecular formula is C13H15NOS. The molecule has 1 rings (SSSR count). The predicted molar refractivity (Wildman–Crippen MR) is 68.3 cm³/mol. The zero-order chi connectivity index (χ0) is 12.0. The van der Waals surface area contributed by atoms with Gasteiger partial charge in [0, 0.05) is 25.3 Å². The molecular weight excluding hydrogens is 218 g/mol. The maximum atomic E-state index is 10.7. The molecule has 0 unspecified atom stereocenters. The van der Waals surface area contributed by atoms with Gasteiger partial charge in [-0.25, -0.2) is 4.98 Å². The van der Waals surface area contributed by atoms with Gasteiger partial charge in [0.25, 0.3) is 0 Å². The van der Waals surface area contributed by atoms with Gasteiger partial charge < -0.3 is 0 Å². The minimum Gasteiger partial charge on any atom is -0.288 e. The van der Waals surface area contributed by atoms with E-state index in [1.54, 1.807) is 6.92 Å². The van der Waals surface area contributed by atoms with E-state index in [0.29, 0.717) is 0 Å². The fourth-order valence-electron chi connectivity index (χ4n) is 1.24. The van der Waals surface area contributed by atoms with Gasteiger partial charge in [-0.3, -0.25) is 4.79 Å². The normalized spacial score (nSPS) is 9.44.